The Bertz CT molecular complexity index is 644. The van der Waals surface area contributed by atoms with Crippen LogP contribution >= 0.6 is 0 Å². The molecule has 3 rings (SSSR count). The van der Waals surface area contributed by atoms with E-state index in [0.717, 1.165) is 6.07 Å². The Morgan fingerprint density at radius 1 is 1.22 bits per heavy atom. The zero-order valence-corrected chi connectivity index (χ0v) is 12.2. The van der Waals surface area contributed by atoms with E-state index in [0.29, 0.717) is 19.4 Å². The average Bonchev–Trinajstić information content (AvgIpc) is 3.12. The monoisotopic (exact) mass is 327 g/mol. The lowest BCUT2D eigenvalue weighted by Gasteiger charge is -2.17. The number of nitrogens with zero attached hydrogens (tertiary/aromatic N) is 1. The minimum atomic E-state index is -4.44. The number of hydrogen-bond donors (Lipinski definition) is 1. The normalized spacial score (nSPS) is 27.1. The van der Waals surface area contributed by atoms with E-state index >= 15 is 0 Å². The van der Waals surface area contributed by atoms with E-state index in [1.807, 2.05) is 0 Å². The molecule has 1 N–H and O–H groups in total. The van der Waals surface area contributed by atoms with E-state index < -0.39 is 35.5 Å². The van der Waals surface area contributed by atoms with Gasteiger partial charge in [-0.1, -0.05) is 18.2 Å². The van der Waals surface area contributed by atoms with Gasteiger partial charge in [0.15, 0.2) is 0 Å². The van der Waals surface area contributed by atoms with Gasteiger partial charge in [0.05, 0.1) is 11.5 Å². The molecular formula is C16H16F3NO3. The molecule has 4 nitrogen and oxygen atoms in total. The first-order valence-electron chi connectivity index (χ1n) is 7.46. The van der Waals surface area contributed by atoms with E-state index in [1.54, 1.807) is 6.07 Å². The van der Waals surface area contributed by atoms with E-state index in [-0.39, 0.29) is 18.0 Å². The summed E-state index contributed by atoms with van der Waals surface area (Å²) in [6.45, 7) is 0.512. The van der Waals surface area contributed by atoms with Crippen LogP contribution in [0.25, 0.3) is 0 Å². The molecule has 1 amide bonds. The summed E-state index contributed by atoms with van der Waals surface area (Å²) in [5.41, 5.74) is -0.530. The van der Waals surface area contributed by atoms with Crippen molar-refractivity contribution in [3.05, 3.63) is 35.4 Å². The summed E-state index contributed by atoms with van der Waals surface area (Å²) < 4.78 is 39.1. The Balaban J connectivity index is 1.71. The van der Waals surface area contributed by atoms with Gasteiger partial charge < -0.3 is 10.0 Å². The lowest BCUT2D eigenvalue weighted by Crippen LogP contribution is -2.31. The van der Waals surface area contributed by atoms with Crippen molar-refractivity contribution < 1.29 is 27.9 Å². The van der Waals surface area contributed by atoms with Crippen LogP contribution in [0.4, 0.5) is 13.2 Å². The number of halogens is 3. The maximum atomic E-state index is 13.0. The van der Waals surface area contributed by atoms with Crippen LogP contribution in [-0.2, 0) is 15.8 Å². The van der Waals surface area contributed by atoms with Gasteiger partial charge in [0.1, 0.15) is 0 Å². The number of aliphatic carboxylic acids is 1. The predicted molar refractivity (Wildman–Crippen MR) is 74.6 cm³/mol. The molecule has 2 aliphatic rings. The third-order valence-electron chi connectivity index (χ3n) is 4.62. The summed E-state index contributed by atoms with van der Waals surface area (Å²) in [6.07, 6.45) is -3.65. The van der Waals surface area contributed by atoms with Gasteiger partial charge in [-0.2, -0.15) is 13.2 Å². The van der Waals surface area contributed by atoms with Crippen molar-refractivity contribution in [2.24, 2.45) is 11.8 Å². The molecule has 7 heteroatoms. The molecule has 1 aromatic rings. The second-order valence-corrected chi connectivity index (χ2v) is 6.14. The molecule has 1 saturated heterocycles. The van der Waals surface area contributed by atoms with Crippen molar-refractivity contribution in [1.29, 1.82) is 0 Å². The predicted octanol–water partition coefficient (Wildman–Crippen LogP) is 2.74. The van der Waals surface area contributed by atoms with Crippen LogP contribution in [0.5, 0.6) is 0 Å². The quantitative estimate of drug-likeness (QED) is 0.929. The summed E-state index contributed by atoms with van der Waals surface area (Å²) in [6, 6.07) is 5.33. The van der Waals surface area contributed by atoms with Crippen molar-refractivity contribution in [2.45, 2.75) is 24.9 Å². The lowest BCUT2D eigenvalue weighted by molar-refractivity contribution is -0.142. The van der Waals surface area contributed by atoms with Crippen LogP contribution in [0.3, 0.4) is 0 Å². The van der Waals surface area contributed by atoms with Gasteiger partial charge in [-0.15, -0.1) is 0 Å². The van der Waals surface area contributed by atoms with Crippen molar-refractivity contribution in [3.63, 3.8) is 0 Å². The van der Waals surface area contributed by atoms with E-state index in [9.17, 15) is 22.8 Å². The standard InChI is InChI=1S/C16H16F3NO3/c17-16(18,19)13-4-2-1-3-10(13)11-7-12(11)14(21)20-6-5-9(8-20)15(22)23/h1-4,9,11-12H,5-8H2,(H,22,23)/t9-,11+,12+/m1/s1. The third kappa shape index (κ3) is 3.04. The van der Waals surface area contributed by atoms with Crippen LogP contribution in [0.1, 0.15) is 29.9 Å². The maximum absolute atomic E-state index is 13.0. The van der Waals surface area contributed by atoms with Crippen molar-refractivity contribution in [3.8, 4) is 0 Å². The summed E-state index contributed by atoms with van der Waals surface area (Å²) in [5.74, 6) is -2.63. The van der Waals surface area contributed by atoms with E-state index in [1.165, 1.54) is 17.0 Å². The molecule has 0 bridgehead atoms. The number of benzene rings is 1. The molecule has 1 heterocycles. The zero-order valence-electron chi connectivity index (χ0n) is 12.2. The smallest absolute Gasteiger partial charge is 0.416 e. The van der Waals surface area contributed by atoms with Gasteiger partial charge in [0.25, 0.3) is 0 Å². The van der Waals surface area contributed by atoms with Gasteiger partial charge in [-0.3, -0.25) is 9.59 Å². The lowest BCUT2D eigenvalue weighted by atomic mass is 10.0. The van der Waals surface area contributed by atoms with Crippen LogP contribution in [0.15, 0.2) is 24.3 Å². The van der Waals surface area contributed by atoms with Crippen molar-refractivity contribution in [2.75, 3.05) is 13.1 Å². The van der Waals surface area contributed by atoms with E-state index in [2.05, 4.69) is 0 Å². The Morgan fingerprint density at radius 3 is 2.52 bits per heavy atom. The maximum Gasteiger partial charge on any atom is 0.416 e. The minimum Gasteiger partial charge on any atom is -0.481 e. The summed E-state index contributed by atoms with van der Waals surface area (Å²) in [7, 11) is 0. The minimum absolute atomic E-state index is 0.151. The molecular weight excluding hydrogens is 311 g/mol. The Hall–Kier alpha value is -2.05. The van der Waals surface area contributed by atoms with Gasteiger partial charge >= 0.3 is 12.1 Å². The number of carboxylic acids is 1. The molecule has 0 aromatic heterocycles. The first-order valence-corrected chi connectivity index (χ1v) is 7.46. The average molecular weight is 327 g/mol. The highest BCUT2D eigenvalue weighted by Gasteiger charge is 2.50. The van der Waals surface area contributed by atoms with Gasteiger partial charge in [0, 0.05) is 19.0 Å². The number of likely N-dealkylation sites (tertiary alicyclic amines) is 1. The summed E-state index contributed by atoms with van der Waals surface area (Å²) in [5, 5.41) is 8.96. The Morgan fingerprint density at radius 2 is 1.91 bits per heavy atom. The highest BCUT2D eigenvalue weighted by atomic mass is 19.4. The van der Waals surface area contributed by atoms with Gasteiger partial charge in [-0.25, -0.2) is 0 Å². The number of rotatable bonds is 3. The van der Waals surface area contributed by atoms with Crippen molar-refractivity contribution >= 4 is 11.9 Å². The molecule has 23 heavy (non-hydrogen) atoms. The molecule has 0 spiro atoms. The van der Waals surface area contributed by atoms with Gasteiger partial charge in [0.2, 0.25) is 5.91 Å². The van der Waals surface area contributed by atoms with Crippen LogP contribution in [0, 0.1) is 11.8 Å². The summed E-state index contributed by atoms with van der Waals surface area (Å²) >= 11 is 0. The van der Waals surface area contributed by atoms with E-state index in [4.69, 9.17) is 5.11 Å². The fourth-order valence-corrected chi connectivity index (χ4v) is 3.29. The molecule has 124 valence electrons. The molecule has 0 unspecified atom stereocenters. The largest absolute Gasteiger partial charge is 0.481 e. The number of amides is 1. The highest BCUT2D eigenvalue weighted by Crippen LogP contribution is 2.52. The van der Waals surface area contributed by atoms with Crippen LogP contribution in [0.2, 0.25) is 0 Å². The van der Waals surface area contributed by atoms with Gasteiger partial charge in [-0.05, 0) is 30.4 Å². The molecule has 3 atom stereocenters. The molecule has 0 radical (unpaired) electrons. The fraction of sp³-hybridized carbons (Fsp3) is 0.500. The second kappa shape index (κ2) is 5.54. The second-order valence-electron chi connectivity index (χ2n) is 6.14. The first-order chi connectivity index (χ1) is 10.8. The first kappa shape index (κ1) is 15.8. The molecule has 2 fully saturated rings. The number of carboxylic acid groups (broad SMARTS) is 1. The number of carbonyl (C=O) groups is 2. The highest BCUT2D eigenvalue weighted by molar-refractivity contribution is 5.84. The fourth-order valence-electron chi connectivity index (χ4n) is 3.29. The summed E-state index contributed by atoms with van der Waals surface area (Å²) in [4.78, 5) is 24.8. The number of alkyl halides is 3. The molecule has 1 aliphatic heterocycles. The zero-order chi connectivity index (χ0) is 16.8. The van der Waals surface area contributed by atoms with Crippen LogP contribution in [-0.4, -0.2) is 35.0 Å². The SMILES string of the molecule is O=C(O)[C@@H]1CCN(C(=O)[C@H]2C[C@H]2c2ccccc2C(F)(F)F)C1. The Kier molecular flexibility index (Phi) is 3.82. The molecule has 1 saturated carbocycles. The molecule has 1 aromatic carbocycles. The topological polar surface area (TPSA) is 57.6 Å². The van der Waals surface area contributed by atoms with Crippen molar-refractivity contribution in [1.82, 2.24) is 4.90 Å². The number of carbonyl (C=O) groups excluding carboxylic acids is 1. The Labute approximate surface area is 130 Å². The molecule has 1 aliphatic carbocycles. The third-order valence-corrected chi connectivity index (χ3v) is 4.62. The van der Waals surface area contributed by atoms with Crippen LogP contribution < -0.4 is 0 Å². The number of hydrogen-bond acceptors (Lipinski definition) is 2.